The second kappa shape index (κ2) is 7.91. The number of hydrogen-bond donors (Lipinski definition) is 4. The number of carbonyl (C=O) groups excluding carboxylic acids is 1. The van der Waals surface area contributed by atoms with Crippen molar-refractivity contribution < 1.29 is 9.36 Å². The highest BCUT2D eigenvalue weighted by atomic mass is 16.1. The Labute approximate surface area is 179 Å². The maximum atomic E-state index is 12.9. The van der Waals surface area contributed by atoms with E-state index in [0.717, 1.165) is 22.5 Å². The molecular weight excluding hydrogens is 390 g/mol. The lowest BCUT2D eigenvalue weighted by Crippen LogP contribution is -2.36. The van der Waals surface area contributed by atoms with Crippen LogP contribution in [0.1, 0.15) is 21.7 Å². The first-order valence-corrected chi connectivity index (χ1v) is 9.79. The van der Waals surface area contributed by atoms with Crippen LogP contribution in [-0.4, -0.2) is 15.9 Å². The molecule has 0 aliphatic heterocycles. The number of hydrogen-bond acceptors (Lipinski definition) is 6. The van der Waals surface area contributed by atoms with Crippen LogP contribution in [0.2, 0.25) is 0 Å². The van der Waals surface area contributed by atoms with Crippen molar-refractivity contribution in [3.8, 4) is 0 Å². The van der Waals surface area contributed by atoms with Gasteiger partial charge in [-0.1, -0.05) is 17.1 Å². The molecule has 6 N–H and O–H groups in total. The highest BCUT2D eigenvalue weighted by Gasteiger charge is 2.14. The number of pyridine rings is 1. The van der Waals surface area contributed by atoms with Crippen molar-refractivity contribution in [3.05, 3.63) is 71.5 Å². The number of rotatable bonds is 4. The van der Waals surface area contributed by atoms with Crippen LogP contribution < -0.4 is 26.7 Å². The number of aryl methyl sites for hydroxylation is 2. The molecule has 0 unspecified atom stereocenters. The molecule has 0 bridgehead atoms. The van der Waals surface area contributed by atoms with Crippen molar-refractivity contribution in [1.29, 1.82) is 0 Å². The number of amides is 1. The average molecular weight is 414 g/mol. The summed E-state index contributed by atoms with van der Waals surface area (Å²) in [4.78, 5) is 21.7. The van der Waals surface area contributed by atoms with Crippen molar-refractivity contribution in [2.75, 3.05) is 22.1 Å². The number of anilines is 5. The number of carbonyl (C=O) groups is 1. The molecule has 0 fully saturated rings. The summed E-state index contributed by atoms with van der Waals surface area (Å²) in [6.45, 7) is 3.81. The fourth-order valence-electron chi connectivity index (χ4n) is 3.34. The van der Waals surface area contributed by atoms with Gasteiger partial charge < -0.3 is 16.4 Å². The molecule has 0 aliphatic rings. The maximum Gasteiger partial charge on any atom is 0.391 e. The van der Waals surface area contributed by atoms with Gasteiger partial charge in [-0.2, -0.15) is 0 Å². The van der Waals surface area contributed by atoms with Gasteiger partial charge in [0, 0.05) is 34.2 Å². The summed E-state index contributed by atoms with van der Waals surface area (Å²) in [6, 6.07) is 16.5. The SMILES string of the molecule is Cc1cc(N)c2cccc(C(=O)Nc3ccc(Nc4cc(C)[n+](C)c(N)n4)cc3)c2n1. The number of nitrogens with zero attached hydrogens (tertiary/aromatic N) is 3. The molecule has 2 aromatic carbocycles. The largest absolute Gasteiger partial charge is 0.398 e. The number of nitrogens with one attached hydrogen (secondary N) is 2. The van der Waals surface area contributed by atoms with E-state index >= 15 is 0 Å². The Bertz CT molecular complexity index is 1280. The van der Waals surface area contributed by atoms with Crippen LogP contribution >= 0.6 is 0 Å². The van der Waals surface area contributed by atoms with Crippen LogP contribution in [0.25, 0.3) is 10.9 Å². The second-order valence-electron chi connectivity index (χ2n) is 7.41. The van der Waals surface area contributed by atoms with Crippen LogP contribution in [0.4, 0.5) is 28.8 Å². The Morgan fingerprint density at radius 2 is 1.68 bits per heavy atom. The zero-order valence-electron chi connectivity index (χ0n) is 17.6. The molecule has 2 heterocycles. The molecule has 156 valence electrons. The summed E-state index contributed by atoms with van der Waals surface area (Å²) >= 11 is 0. The number of para-hydroxylation sites is 1. The minimum Gasteiger partial charge on any atom is -0.398 e. The standard InChI is InChI=1S/C23H23N7O/c1-13-11-19(24)17-5-4-6-18(21(17)26-13)22(31)28-16-9-7-15(8-10-16)27-20-12-14(2)30(3)23(25)29-20/h4-12H,1-3H3,(H5,24,25,26,27,28,29,31)/p+1. The summed E-state index contributed by atoms with van der Waals surface area (Å²) in [5, 5.41) is 6.90. The number of fused-ring (bicyclic) bond motifs is 1. The molecule has 1 amide bonds. The average Bonchev–Trinajstić information content (AvgIpc) is 2.73. The quantitative estimate of drug-likeness (QED) is 0.380. The normalized spacial score (nSPS) is 10.8. The van der Waals surface area contributed by atoms with Crippen LogP contribution in [0.5, 0.6) is 0 Å². The van der Waals surface area contributed by atoms with Gasteiger partial charge in [0.25, 0.3) is 5.91 Å². The highest BCUT2D eigenvalue weighted by molar-refractivity contribution is 6.13. The maximum absolute atomic E-state index is 12.9. The fraction of sp³-hybridized carbons (Fsp3) is 0.130. The van der Waals surface area contributed by atoms with Gasteiger partial charge in [0.1, 0.15) is 0 Å². The molecule has 4 aromatic rings. The number of aromatic nitrogens is 3. The van der Waals surface area contributed by atoms with Crippen LogP contribution in [-0.2, 0) is 7.05 Å². The Morgan fingerprint density at radius 3 is 2.39 bits per heavy atom. The third kappa shape index (κ3) is 4.09. The lowest BCUT2D eigenvalue weighted by atomic mass is 10.1. The van der Waals surface area contributed by atoms with Gasteiger partial charge in [-0.3, -0.25) is 15.5 Å². The zero-order valence-corrected chi connectivity index (χ0v) is 17.6. The first-order chi connectivity index (χ1) is 14.8. The molecule has 4 rings (SSSR count). The topological polar surface area (TPSA) is 123 Å². The fourth-order valence-corrected chi connectivity index (χ4v) is 3.34. The Morgan fingerprint density at radius 1 is 0.968 bits per heavy atom. The molecule has 0 spiro atoms. The monoisotopic (exact) mass is 414 g/mol. The Kier molecular flexibility index (Phi) is 5.12. The smallest absolute Gasteiger partial charge is 0.391 e. The van der Waals surface area contributed by atoms with Crippen LogP contribution in [0.3, 0.4) is 0 Å². The van der Waals surface area contributed by atoms with E-state index in [1.54, 1.807) is 22.8 Å². The van der Waals surface area contributed by atoms with Gasteiger partial charge in [0.15, 0.2) is 0 Å². The van der Waals surface area contributed by atoms with E-state index in [1.165, 1.54) is 0 Å². The third-order valence-corrected chi connectivity index (χ3v) is 5.11. The Balaban J connectivity index is 1.53. The van der Waals surface area contributed by atoms with E-state index < -0.39 is 0 Å². The highest BCUT2D eigenvalue weighted by Crippen LogP contribution is 2.25. The summed E-state index contributed by atoms with van der Waals surface area (Å²) < 4.78 is 1.81. The predicted octanol–water partition coefficient (Wildman–Crippen LogP) is 3.23. The van der Waals surface area contributed by atoms with Gasteiger partial charge in [-0.05, 0) is 50.2 Å². The lowest BCUT2D eigenvalue weighted by Gasteiger charge is -2.11. The number of nitrogens with two attached hydrogens (primary N) is 2. The molecule has 0 aliphatic carbocycles. The molecule has 0 saturated carbocycles. The van der Waals surface area contributed by atoms with Gasteiger partial charge in [-0.25, -0.2) is 4.57 Å². The van der Waals surface area contributed by atoms with Crippen molar-refractivity contribution in [2.45, 2.75) is 13.8 Å². The molecule has 8 heteroatoms. The van der Waals surface area contributed by atoms with Crippen LogP contribution in [0, 0.1) is 13.8 Å². The number of benzene rings is 2. The van der Waals surface area contributed by atoms with Gasteiger partial charge >= 0.3 is 5.95 Å². The zero-order chi connectivity index (χ0) is 22.1. The van der Waals surface area contributed by atoms with Gasteiger partial charge in [0.05, 0.1) is 23.8 Å². The molecule has 0 saturated heterocycles. The van der Waals surface area contributed by atoms with E-state index in [2.05, 4.69) is 20.6 Å². The minimum atomic E-state index is -0.246. The molecule has 8 nitrogen and oxygen atoms in total. The van der Waals surface area contributed by atoms with E-state index in [0.29, 0.717) is 34.2 Å². The first-order valence-electron chi connectivity index (χ1n) is 9.79. The predicted molar refractivity (Wildman–Crippen MR) is 123 cm³/mol. The first kappa shape index (κ1) is 20.1. The molecule has 0 atom stereocenters. The van der Waals surface area contributed by atoms with E-state index in [1.807, 2.05) is 57.3 Å². The molecule has 2 aromatic heterocycles. The van der Waals surface area contributed by atoms with E-state index in [9.17, 15) is 4.79 Å². The van der Waals surface area contributed by atoms with Crippen molar-refractivity contribution >= 4 is 45.6 Å². The van der Waals surface area contributed by atoms with E-state index in [-0.39, 0.29) is 5.91 Å². The minimum absolute atomic E-state index is 0.246. The summed E-state index contributed by atoms with van der Waals surface area (Å²) in [5.74, 6) is 0.829. The van der Waals surface area contributed by atoms with E-state index in [4.69, 9.17) is 11.5 Å². The molecular formula is C23H24N7O+. The summed E-state index contributed by atoms with van der Waals surface area (Å²) in [6.07, 6.45) is 0. The lowest BCUT2D eigenvalue weighted by molar-refractivity contribution is -0.665. The third-order valence-electron chi connectivity index (χ3n) is 5.11. The van der Waals surface area contributed by atoms with Crippen molar-refractivity contribution in [2.24, 2.45) is 7.05 Å². The second-order valence-corrected chi connectivity index (χ2v) is 7.41. The van der Waals surface area contributed by atoms with Crippen molar-refractivity contribution in [3.63, 3.8) is 0 Å². The molecule has 0 radical (unpaired) electrons. The number of nitrogen functional groups attached to an aromatic ring is 2. The summed E-state index contributed by atoms with van der Waals surface area (Å²) in [5.41, 5.74) is 16.9. The Hall–Kier alpha value is -4.20. The van der Waals surface area contributed by atoms with Crippen LogP contribution in [0.15, 0.2) is 54.6 Å². The van der Waals surface area contributed by atoms with Crippen molar-refractivity contribution in [1.82, 2.24) is 9.97 Å². The summed E-state index contributed by atoms with van der Waals surface area (Å²) in [7, 11) is 1.86. The molecule has 31 heavy (non-hydrogen) atoms. The van der Waals surface area contributed by atoms with Gasteiger partial charge in [-0.15, -0.1) is 0 Å². The van der Waals surface area contributed by atoms with Gasteiger partial charge in [0.2, 0.25) is 5.82 Å².